The molecule has 0 unspecified atom stereocenters. The number of aliphatic hydroxyl groups is 1. The average Bonchev–Trinajstić information content (AvgIpc) is 2.72. The lowest BCUT2D eigenvalue weighted by Gasteiger charge is -2.34. The van der Waals surface area contributed by atoms with Crippen LogP contribution in [0.25, 0.3) is 0 Å². The van der Waals surface area contributed by atoms with Crippen molar-refractivity contribution in [3.8, 4) is 11.5 Å². The van der Waals surface area contributed by atoms with Crippen molar-refractivity contribution in [2.24, 2.45) is 5.92 Å². The fraction of sp³-hybridized carbons (Fsp3) is 0.478. The van der Waals surface area contributed by atoms with Gasteiger partial charge in [-0.1, -0.05) is 42.0 Å². The highest BCUT2D eigenvalue weighted by Gasteiger charge is 2.28. The predicted molar refractivity (Wildman–Crippen MR) is 109 cm³/mol. The van der Waals surface area contributed by atoms with Crippen LogP contribution in [0, 0.1) is 12.8 Å². The Morgan fingerprint density at radius 3 is 2.37 bits per heavy atom. The van der Waals surface area contributed by atoms with Crippen molar-refractivity contribution in [2.75, 3.05) is 33.9 Å². The maximum absolute atomic E-state index is 10.9. The highest BCUT2D eigenvalue weighted by molar-refractivity contribution is 5.47. The molecule has 0 spiro atoms. The van der Waals surface area contributed by atoms with Crippen LogP contribution in [-0.4, -0.2) is 43.9 Å². The molecule has 1 N–H and O–H groups in total. The number of para-hydroxylation sites is 1. The van der Waals surface area contributed by atoms with E-state index in [1.807, 2.05) is 18.2 Å². The summed E-state index contributed by atoms with van der Waals surface area (Å²) in [6.07, 6.45) is 2.55. The van der Waals surface area contributed by atoms with E-state index >= 15 is 0 Å². The molecule has 0 aliphatic carbocycles. The molecule has 0 saturated carbocycles. The summed E-state index contributed by atoms with van der Waals surface area (Å²) in [6.45, 7) is 5.26. The number of aliphatic hydroxyl groups excluding tert-OH is 1. The third-order valence-corrected chi connectivity index (χ3v) is 5.67. The van der Waals surface area contributed by atoms with Gasteiger partial charge in [0, 0.05) is 12.1 Å². The number of benzene rings is 2. The van der Waals surface area contributed by atoms with E-state index < -0.39 is 6.10 Å². The highest BCUT2D eigenvalue weighted by atomic mass is 16.5. The molecule has 0 aromatic heterocycles. The summed E-state index contributed by atoms with van der Waals surface area (Å²) in [5.74, 6) is 1.57. The lowest BCUT2D eigenvalue weighted by molar-refractivity contribution is 0.0573. The van der Waals surface area contributed by atoms with Crippen molar-refractivity contribution < 1.29 is 14.6 Å². The van der Waals surface area contributed by atoms with E-state index in [-0.39, 0.29) is 5.92 Å². The lowest BCUT2D eigenvalue weighted by atomic mass is 9.87. The van der Waals surface area contributed by atoms with Gasteiger partial charge in [-0.15, -0.1) is 0 Å². The molecular weight excluding hydrogens is 338 g/mol. The molecule has 0 radical (unpaired) electrons. The standard InChI is InChI=1S/C23H31NO3/c1-17-7-9-18(10-8-17)11-14-24-15-12-19(13-16-24)22(25)20-5-4-6-21(26-2)23(20)27-3/h4-10,19,22,25H,11-16H2,1-3H3/t22-/m1/s1. The highest BCUT2D eigenvalue weighted by Crippen LogP contribution is 2.39. The van der Waals surface area contributed by atoms with Gasteiger partial charge in [-0.05, 0) is 56.8 Å². The third-order valence-electron chi connectivity index (χ3n) is 5.67. The zero-order valence-electron chi connectivity index (χ0n) is 16.6. The zero-order chi connectivity index (χ0) is 19.2. The van der Waals surface area contributed by atoms with Crippen molar-refractivity contribution in [1.29, 1.82) is 0 Å². The summed E-state index contributed by atoms with van der Waals surface area (Å²) in [5.41, 5.74) is 3.53. The van der Waals surface area contributed by atoms with E-state index in [1.165, 1.54) is 11.1 Å². The molecule has 4 heteroatoms. The first-order valence-corrected chi connectivity index (χ1v) is 9.79. The number of nitrogens with zero attached hydrogens (tertiary/aromatic N) is 1. The molecule has 1 aliphatic heterocycles. The Bertz CT molecular complexity index is 721. The Labute approximate surface area is 162 Å². The number of piperidine rings is 1. The van der Waals surface area contributed by atoms with Crippen LogP contribution in [0.4, 0.5) is 0 Å². The smallest absolute Gasteiger partial charge is 0.166 e. The largest absolute Gasteiger partial charge is 0.493 e. The molecule has 1 heterocycles. The van der Waals surface area contributed by atoms with Gasteiger partial charge in [-0.2, -0.15) is 0 Å². The predicted octanol–water partition coefficient (Wildman–Crippen LogP) is 4.00. The van der Waals surface area contributed by atoms with Gasteiger partial charge in [0.2, 0.25) is 0 Å². The molecular formula is C23H31NO3. The number of ether oxygens (including phenoxy) is 2. The van der Waals surface area contributed by atoms with Crippen molar-refractivity contribution in [1.82, 2.24) is 4.90 Å². The topological polar surface area (TPSA) is 41.9 Å². The molecule has 27 heavy (non-hydrogen) atoms. The van der Waals surface area contributed by atoms with Crippen LogP contribution in [0.3, 0.4) is 0 Å². The van der Waals surface area contributed by atoms with Crippen LogP contribution in [-0.2, 0) is 6.42 Å². The number of methoxy groups -OCH3 is 2. The van der Waals surface area contributed by atoms with Gasteiger partial charge in [0.15, 0.2) is 11.5 Å². The Morgan fingerprint density at radius 1 is 1.04 bits per heavy atom. The van der Waals surface area contributed by atoms with E-state index in [1.54, 1.807) is 14.2 Å². The Morgan fingerprint density at radius 2 is 1.74 bits per heavy atom. The first-order chi connectivity index (χ1) is 13.1. The summed E-state index contributed by atoms with van der Waals surface area (Å²) >= 11 is 0. The molecule has 3 rings (SSSR count). The van der Waals surface area contributed by atoms with Crippen molar-refractivity contribution in [3.05, 3.63) is 59.2 Å². The van der Waals surface area contributed by atoms with Crippen LogP contribution in [0.2, 0.25) is 0 Å². The second-order valence-electron chi connectivity index (χ2n) is 7.44. The van der Waals surface area contributed by atoms with Gasteiger partial charge in [0.1, 0.15) is 0 Å². The third kappa shape index (κ3) is 4.82. The number of hydrogen-bond donors (Lipinski definition) is 1. The molecule has 1 fully saturated rings. The van der Waals surface area contributed by atoms with Crippen LogP contribution in [0.1, 0.15) is 35.6 Å². The van der Waals surface area contributed by atoms with Gasteiger partial charge >= 0.3 is 0 Å². The van der Waals surface area contributed by atoms with Gasteiger partial charge in [0.05, 0.1) is 20.3 Å². The summed E-state index contributed by atoms with van der Waals surface area (Å²) in [6, 6.07) is 14.5. The summed E-state index contributed by atoms with van der Waals surface area (Å²) in [5, 5.41) is 10.9. The van der Waals surface area contributed by atoms with Gasteiger partial charge in [0.25, 0.3) is 0 Å². The van der Waals surface area contributed by atoms with Gasteiger partial charge in [-0.3, -0.25) is 0 Å². The van der Waals surface area contributed by atoms with Crippen molar-refractivity contribution in [3.63, 3.8) is 0 Å². The van der Waals surface area contributed by atoms with Crippen molar-refractivity contribution >= 4 is 0 Å². The normalized spacial score (nSPS) is 16.9. The molecule has 1 atom stereocenters. The Hall–Kier alpha value is -2.04. The quantitative estimate of drug-likeness (QED) is 0.801. The fourth-order valence-electron chi connectivity index (χ4n) is 3.93. The molecule has 1 saturated heterocycles. The molecule has 0 amide bonds. The van der Waals surface area contributed by atoms with Gasteiger partial charge < -0.3 is 19.5 Å². The molecule has 0 bridgehead atoms. The number of rotatable bonds is 7. The minimum atomic E-state index is -0.519. The first kappa shape index (κ1) is 19.7. The second kappa shape index (κ2) is 9.25. The number of hydrogen-bond acceptors (Lipinski definition) is 4. The number of aryl methyl sites for hydroxylation is 1. The molecule has 1 aliphatic rings. The second-order valence-corrected chi connectivity index (χ2v) is 7.44. The maximum Gasteiger partial charge on any atom is 0.166 e. The molecule has 146 valence electrons. The summed E-state index contributed by atoms with van der Waals surface area (Å²) in [4.78, 5) is 2.51. The SMILES string of the molecule is COc1cccc([C@H](O)C2CCN(CCc3ccc(C)cc3)CC2)c1OC. The molecule has 2 aromatic rings. The Kier molecular flexibility index (Phi) is 6.75. The summed E-state index contributed by atoms with van der Waals surface area (Å²) < 4.78 is 10.9. The fourth-order valence-corrected chi connectivity index (χ4v) is 3.93. The van der Waals surface area contributed by atoms with E-state index in [2.05, 4.69) is 36.1 Å². The zero-order valence-corrected chi connectivity index (χ0v) is 16.6. The minimum Gasteiger partial charge on any atom is -0.493 e. The first-order valence-electron chi connectivity index (χ1n) is 9.79. The molecule has 4 nitrogen and oxygen atoms in total. The summed E-state index contributed by atoms with van der Waals surface area (Å²) in [7, 11) is 3.25. The van der Waals surface area contributed by atoms with Crippen LogP contribution >= 0.6 is 0 Å². The van der Waals surface area contributed by atoms with E-state index in [0.717, 1.165) is 44.5 Å². The lowest BCUT2D eigenvalue weighted by Crippen LogP contribution is -2.36. The van der Waals surface area contributed by atoms with E-state index in [0.29, 0.717) is 11.5 Å². The van der Waals surface area contributed by atoms with E-state index in [9.17, 15) is 5.11 Å². The Balaban J connectivity index is 1.55. The van der Waals surface area contributed by atoms with Gasteiger partial charge in [-0.25, -0.2) is 0 Å². The van der Waals surface area contributed by atoms with Crippen molar-refractivity contribution in [2.45, 2.75) is 32.3 Å². The van der Waals surface area contributed by atoms with E-state index in [4.69, 9.17) is 9.47 Å². The average molecular weight is 370 g/mol. The van der Waals surface area contributed by atoms with Crippen LogP contribution in [0.5, 0.6) is 11.5 Å². The van der Waals surface area contributed by atoms with Crippen LogP contribution < -0.4 is 9.47 Å². The monoisotopic (exact) mass is 369 g/mol. The minimum absolute atomic E-state index is 0.252. The molecule has 2 aromatic carbocycles. The maximum atomic E-state index is 10.9. The van der Waals surface area contributed by atoms with Crippen LogP contribution in [0.15, 0.2) is 42.5 Å². The number of likely N-dealkylation sites (tertiary alicyclic amines) is 1.